The highest BCUT2D eigenvalue weighted by Gasteiger charge is 2.27. The summed E-state index contributed by atoms with van der Waals surface area (Å²) in [5.41, 5.74) is 3.09. The quantitative estimate of drug-likeness (QED) is 0.772. The van der Waals surface area contributed by atoms with E-state index in [9.17, 15) is 4.79 Å². The maximum absolute atomic E-state index is 12.5. The smallest absolute Gasteiger partial charge is 0.159 e. The van der Waals surface area contributed by atoms with Crippen LogP contribution in [0.4, 0.5) is 0 Å². The molecule has 0 spiro atoms. The van der Waals surface area contributed by atoms with Crippen molar-refractivity contribution in [2.45, 2.75) is 25.2 Å². The van der Waals surface area contributed by atoms with Crippen molar-refractivity contribution in [2.24, 2.45) is 0 Å². The lowest BCUT2D eigenvalue weighted by atomic mass is 9.78. The number of Topliss-reactive ketones (excluding diaryl/α,β-unsaturated/α-hetero) is 1. The number of carbonyl (C=O) groups is 1. The normalized spacial score (nSPS) is 20.1. The SMILES string of the molecule is COc1ccccc1/C=C1\C(=O)CCCC1c1ccccc1. The van der Waals surface area contributed by atoms with E-state index in [1.54, 1.807) is 7.11 Å². The third-order valence-electron chi connectivity index (χ3n) is 4.25. The first-order valence-electron chi connectivity index (χ1n) is 7.72. The first kappa shape index (κ1) is 14.6. The molecular formula is C20H20O2. The Morgan fingerprint density at radius 3 is 2.55 bits per heavy atom. The summed E-state index contributed by atoms with van der Waals surface area (Å²) in [4.78, 5) is 12.5. The van der Waals surface area contributed by atoms with Gasteiger partial charge in [-0.1, -0.05) is 48.5 Å². The molecule has 0 aliphatic heterocycles. The minimum absolute atomic E-state index is 0.187. The molecule has 0 amide bonds. The topological polar surface area (TPSA) is 26.3 Å². The Kier molecular flexibility index (Phi) is 4.38. The van der Waals surface area contributed by atoms with Crippen molar-refractivity contribution >= 4 is 11.9 Å². The van der Waals surface area contributed by atoms with Crippen LogP contribution in [0.25, 0.3) is 6.08 Å². The van der Waals surface area contributed by atoms with Crippen LogP contribution in [0, 0.1) is 0 Å². The van der Waals surface area contributed by atoms with E-state index in [1.165, 1.54) is 5.56 Å². The van der Waals surface area contributed by atoms with Gasteiger partial charge in [-0.05, 0) is 30.5 Å². The minimum Gasteiger partial charge on any atom is -0.496 e. The van der Waals surface area contributed by atoms with E-state index in [0.29, 0.717) is 6.42 Å². The maximum atomic E-state index is 12.5. The average Bonchev–Trinajstić information content (AvgIpc) is 2.58. The molecule has 0 heterocycles. The maximum Gasteiger partial charge on any atom is 0.159 e. The number of para-hydroxylation sites is 1. The van der Waals surface area contributed by atoms with Crippen molar-refractivity contribution in [1.29, 1.82) is 0 Å². The summed E-state index contributed by atoms with van der Waals surface area (Å²) < 4.78 is 5.41. The molecule has 3 rings (SSSR count). The van der Waals surface area contributed by atoms with Gasteiger partial charge in [0, 0.05) is 23.5 Å². The summed E-state index contributed by atoms with van der Waals surface area (Å²) in [6.07, 6.45) is 4.64. The molecule has 1 saturated carbocycles. The van der Waals surface area contributed by atoms with Crippen molar-refractivity contribution in [1.82, 2.24) is 0 Å². The van der Waals surface area contributed by atoms with E-state index in [1.807, 2.05) is 48.5 Å². The second-order valence-corrected chi connectivity index (χ2v) is 5.62. The molecule has 22 heavy (non-hydrogen) atoms. The van der Waals surface area contributed by atoms with Gasteiger partial charge in [-0.3, -0.25) is 4.79 Å². The van der Waals surface area contributed by atoms with Gasteiger partial charge in [0.15, 0.2) is 5.78 Å². The van der Waals surface area contributed by atoms with Crippen molar-refractivity contribution < 1.29 is 9.53 Å². The molecule has 112 valence electrons. The Labute approximate surface area is 131 Å². The number of ether oxygens (including phenoxy) is 1. The molecule has 0 saturated heterocycles. The van der Waals surface area contributed by atoms with E-state index < -0.39 is 0 Å². The summed E-state index contributed by atoms with van der Waals surface area (Å²) in [6, 6.07) is 18.1. The van der Waals surface area contributed by atoms with Crippen LogP contribution in [0.15, 0.2) is 60.2 Å². The lowest BCUT2D eigenvalue weighted by molar-refractivity contribution is -0.116. The van der Waals surface area contributed by atoms with Gasteiger partial charge in [-0.2, -0.15) is 0 Å². The fraction of sp³-hybridized carbons (Fsp3) is 0.250. The van der Waals surface area contributed by atoms with Crippen LogP contribution in [0.1, 0.15) is 36.3 Å². The van der Waals surface area contributed by atoms with Gasteiger partial charge in [0.25, 0.3) is 0 Å². The second kappa shape index (κ2) is 6.61. The number of benzene rings is 2. The fourth-order valence-corrected chi connectivity index (χ4v) is 3.13. The highest BCUT2D eigenvalue weighted by atomic mass is 16.5. The van der Waals surface area contributed by atoms with Crippen LogP contribution in [-0.2, 0) is 4.79 Å². The van der Waals surface area contributed by atoms with Gasteiger partial charge in [0.2, 0.25) is 0 Å². The zero-order valence-electron chi connectivity index (χ0n) is 12.8. The Morgan fingerprint density at radius 1 is 1.05 bits per heavy atom. The Bertz CT molecular complexity index is 686. The third-order valence-corrected chi connectivity index (χ3v) is 4.25. The fourth-order valence-electron chi connectivity index (χ4n) is 3.13. The molecule has 2 aromatic carbocycles. The first-order valence-corrected chi connectivity index (χ1v) is 7.72. The first-order chi connectivity index (χ1) is 10.8. The minimum atomic E-state index is 0.187. The zero-order chi connectivity index (χ0) is 15.4. The van der Waals surface area contributed by atoms with Gasteiger partial charge < -0.3 is 4.74 Å². The number of hydrogen-bond donors (Lipinski definition) is 0. The largest absolute Gasteiger partial charge is 0.496 e. The molecule has 1 unspecified atom stereocenters. The van der Waals surface area contributed by atoms with Gasteiger partial charge >= 0.3 is 0 Å². The van der Waals surface area contributed by atoms with Crippen LogP contribution in [0.3, 0.4) is 0 Å². The van der Waals surface area contributed by atoms with Gasteiger partial charge in [-0.15, -0.1) is 0 Å². The number of ketones is 1. The van der Waals surface area contributed by atoms with E-state index in [4.69, 9.17) is 4.74 Å². The van der Waals surface area contributed by atoms with E-state index in [0.717, 1.165) is 29.7 Å². The van der Waals surface area contributed by atoms with E-state index in [2.05, 4.69) is 12.1 Å². The Morgan fingerprint density at radius 2 is 1.77 bits per heavy atom. The summed E-state index contributed by atoms with van der Waals surface area (Å²) in [5.74, 6) is 1.25. The summed E-state index contributed by atoms with van der Waals surface area (Å²) in [5, 5.41) is 0. The molecule has 1 aliphatic rings. The monoisotopic (exact) mass is 292 g/mol. The molecule has 0 bridgehead atoms. The number of methoxy groups -OCH3 is 1. The number of hydrogen-bond acceptors (Lipinski definition) is 2. The number of carbonyl (C=O) groups excluding carboxylic acids is 1. The molecule has 1 atom stereocenters. The standard InChI is InChI=1S/C20H20O2/c1-22-20-13-6-5-10-16(20)14-18-17(11-7-12-19(18)21)15-8-3-2-4-9-15/h2-6,8-10,13-14,17H,7,11-12H2,1H3/b18-14-. The molecule has 1 fully saturated rings. The second-order valence-electron chi connectivity index (χ2n) is 5.62. The molecular weight excluding hydrogens is 272 g/mol. The molecule has 0 aromatic heterocycles. The van der Waals surface area contributed by atoms with Crippen LogP contribution < -0.4 is 4.74 Å². The molecule has 2 heteroatoms. The zero-order valence-corrected chi connectivity index (χ0v) is 12.8. The molecule has 2 nitrogen and oxygen atoms in total. The predicted octanol–water partition coefficient (Wildman–Crippen LogP) is 4.62. The number of rotatable bonds is 3. The van der Waals surface area contributed by atoms with Crippen molar-refractivity contribution in [3.05, 3.63) is 71.3 Å². The lowest BCUT2D eigenvalue weighted by Crippen LogP contribution is -2.17. The highest BCUT2D eigenvalue weighted by molar-refractivity contribution is 6.02. The number of allylic oxidation sites excluding steroid dienone is 1. The van der Waals surface area contributed by atoms with Crippen LogP contribution in [-0.4, -0.2) is 12.9 Å². The highest BCUT2D eigenvalue weighted by Crippen LogP contribution is 2.37. The Hall–Kier alpha value is -2.35. The summed E-state index contributed by atoms with van der Waals surface area (Å²) >= 11 is 0. The average molecular weight is 292 g/mol. The molecule has 0 N–H and O–H groups in total. The molecule has 1 aliphatic carbocycles. The van der Waals surface area contributed by atoms with Gasteiger partial charge in [0.1, 0.15) is 5.75 Å². The third kappa shape index (κ3) is 2.96. The summed E-state index contributed by atoms with van der Waals surface area (Å²) in [7, 11) is 1.66. The van der Waals surface area contributed by atoms with Gasteiger partial charge in [0.05, 0.1) is 7.11 Å². The van der Waals surface area contributed by atoms with Crippen molar-refractivity contribution in [3.63, 3.8) is 0 Å². The van der Waals surface area contributed by atoms with E-state index in [-0.39, 0.29) is 11.7 Å². The van der Waals surface area contributed by atoms with Crippen molar-refractivity contribution in [3.8, 4) is 5.75 Å². The Balaban J connectivity index is 2.03. The molecule has 2 aromatic rings. The van der Waals surface area contributed by atoms with Gasteiger partial charge in [-0.25, -0.2) is 0 Å². The van der Waals surface area contributed by atoms with Crippen molar-refractivity contribution in [2.75, 3.05) is 7.11 Å². The van der Waals surface area contributed by atoms with Crippen LogP contribution in [0.5, 0.6) is 5.75 Å². The summed E-state index contributed by atoms with van der Waals surface area (Å²) in [6.45, 7) is 0. The predicted molar refractivity (Wildman–Crippen MR) is 89.0 cm³/mol. The van der Waals surface area contributed by atoms with Crippen LogP contribution in [0.2, 0.25) is 0 Å². The van der Waals surface area contributed by atoms with Crippen LogP contribution >= 0.6 is 0 Å². The molecule has 0 radical (unpaired) electrons. The lowest BCUT2D eigenvalue weighted by Gasteiger charge is -2.25. The van der Waals surface area contributed by atoms with E-state index >= 15 is 0 Å².